The lowest BCUT2D eigenvalue weighted by Crippen LogP contribution is -2.47. The van der Waals surface area contributed by atoms with Crippen LogP contribution in [-0.2, 0) is 4.79 Å². The van der Waals surface area contributed by atoms with Crippen molar-refractivity contribution in [2.45, 2.75) is 38.6 Å². The summed E-state index contributed by atoms with van der Waals surface area (Å²) < 4.78 is 3.83. The highest BCUT2D eigenvalue weighted by Gasteiger charge is 2.23. The maximum atomic E-state index is 12.1. The first-order chi connectivity index (χ1) is 8.58. The van der Waals surface area contributed by atoms with Crippen LogP contribution in [0.3, 0.4) is 0 Å². The molecule has 0 aromatic carbocycles. The number of hydrogen-bond acceptors (Lipinski definition) is 5. The molecule has 2 N–H and O–H groups in total. The molecule has 1 fully saturated rings. The molecule has 0 aliphatic carbocycles. The highest BCUT2D eigenvalue weighted by molar-refractivity contribution is 7.08. The third-order valence-corrected chi connectivity index (χ3v) is 3.61. The SMILES string of the molecule is CC(C)c1nnsc1C(=O)NC1CCC(=O)NC1. The number of rotatable bonds is 3. The van der Waals surface area contributed by atoms with Crippen LogP contribution in [-0.4, -0.2) is 34.0 Å². The average Bonchev–Trinajstić information content (AvgIpc) is 2.81. The molecule has 1 unspecified atom stereocenters. The van der Waals surface area contributed by atoms with Gasteiger partial charge in [0, 0.05) is 19.0 Å². The number of hydrogen-bond donors (Lipinski definition) is 2. The second-order valence-corrected chi connectivity index (χ2v) is 5.41. The van der Waals surface area contributed by atoms with E-state index in [2.05, 4.69) is 20.2 Å². The maximum absolute atomic E-state index is 12.1. The second kappa shape index (κ2) is 5.43. The zero-order valence-corrected chi connectivity index (χ0v) is 11.2. The van der Waals surface area contributed by atoms with Crippen LogP contribution < -0.4 is 10.6 Å². The Morgan fingerprint density at radius 1 is 1.56 bits per heavy atom. The molecule has 1 aromatic rings. The first-order valence-corrected chi connectivity index (χ1v) is 6.75. The third-order valence-electron chi connectivity index (χ3n) is 2.87. The zero-order valence-electron chi connectivity index (χ0n) is 10.4. The monoisotopic (exact) mass is 268 g/mol. The first kappa shape index (κ1) is 12.9. The number of amides is 2. The van der Waals surface area contributed by atoms with Crippen LogP contribution >= 0.6 is 11.5 Å². The van der Waals surface area contributed by atoms with Crippen LogP contribution in [0.25, 0.3) is 0 Å². The molecular weight excluding hydrogens is 252 g/mol. The summed E-state index contributed by atoms with van der Waals surface area (Å²) in [6.07, 6.45) is 1.14. The van der Waals surface area contributed by atoms with Gasteiger partial charge in [-0.2, -0.15) is 0 Å². The van der Waals surface area contributed by atoms with E-state index in [9.17, 15) is 9.59 Å². The summed E-state index contributed by atoms with van der Waals surface area (Å²) in [6.45, 7) is 4.45. The van der Waals surface area contributed by atoms with Gasteiger partial charge >= 0.3 is 0 Å². The van der Waals surface area contributed by atoms with Crippen molar-refractivity contribution >= 4 is 23.3 Å². The number of piperidine rings is 1. The maximum Gasteiger partial charge on any atom is 0.265 e. The van der Waals surface area contributed by atoms with Gasteiger partial charge in [0.25, 0.3) is 5.91 Å². The predicted octanol–water partition coefficient (Wildman–Crippen LogP) is 0.670. The van der Waals surface area contributed by atoms with Crippen LogP contribution in [0.4, 0.5) is 0 Å². The number of carbonyl (C=O) groups is 2. The Balaban J connectivity index is 1.99. The summed E-state index contributed by atoms with van der Waals surface area (Å²) in [6, 6.07) is -0.00249. The quantitative estimate of drug-likeness (QED) is 0.844. The molecule has 7 heteroatoms. The van der Waals surface area contributed by atoms with Gasteiger partial charge in [0.15, 0.2) is 0 Å². The van der Waals surface area contributed by atoms with E-state index < -0.39 is 0 Å². The fourth-order valence-electron chi connectivity index (χ4n) is 1.84. The highest BCUT2D eigenvalue weighted by Crippen LogP contribution is 2.19. The summed E-state index contributed by atoms with van der Waals surface area (Å²) in [7, 11) is 0. The molecule has 1 aliphatic rings. The van der Waals surface area contributed by atoms with Crippen LogP contribution in [0.15, 0.2) is 0 Å². The number of nitrogens with zero attached hydrogens (tertiary/aromatic N) is 2. The standard InChI is InChI=1S/C11H16N4O2S/c1-6(2)9-10(18-15-14-9)11(17)13-7-3-4-8(16)12-5-7/h6-7H,3-5H2,1-2H3,(H,12,16)(H,13,17). The minimum Gasteiger partial charge on any atom is -0.354 e. The Morgan fingerprint density at radius 2 is 2.33 bits per heavy atom. The molecule has 1 aliphatic heterocycles. The zero-order chi connectivity index (χ0) is 13.1. The van der Waals surface area contributed by atoms with E-state index in [1.165, 1.54) is 0 Å². The molecule has 1 saturated heterocycles. The van der Waals surface area contributed by atoms with Gasteiger partial charge in [-0.05, 0) is 23.9 Å². The Hall–Kier alpha value is -1.50. The van der Waals surface area contributed by atoms with Crippen molar-refractivity contribution in [1.29, 1.82) is 0 Å². The lowest BCUT2D eigenvalue weighted by Gasteiger charge is -2.23. The van der Waals surface area contributed by atoms with E-state index in [0.29, 0.717) is 24.3 Å². The van der Waals surface area contributed by atoms with Crippen molar-refractivity contribution in [1.82, 2.24) is 20.2 Å². The molecule has 2 heterocycles. The van der Waals surface area contributed by atoms with E-state index >= 15 is 0 Å². The lowest BCUT2D eigenvalue weighted by atomic mass is 10.1. The molecule has 98 valence electrons. The van der Waals surface area contributed by atoms with Gasteiger partial charge in [0.1, 0.15) is 4.88 Å². The summed E-state index contributed by atoms with van der Waals surface area (Å²) in [5.74, 6) is 0.0771. The van der Waals surface area contributed by atoms with E-state index in [-0.39, 0.29) is 23.8 Å². The van der Waals surface area contributed by atoms with Gasteiger partial charge in [-0.1, -0.05) is 18.3 Å². The van der Waals surface area contributed by atoms with Crippen molar-refractivity contribution in [3.63, 3.8) is 0 Å². The predicted molar refractivity (Wildman–Crippen MR) is 67.5 cm³/mol. The molecule has 6 nitrogen and oxygen atoms in total. The summed E-state index contributed by atoms with van der Waals surface area (Å²) in [5, 5.41) is 9.63. The highest BCUT2D eigenvalue weighted by atomic mass is 32.1. The minimum absolute atomic E-state index is 0.00249. The Labute approximate surface area is 109 Å². The Kier molecular flexibility index (Phi) is 3.90. The average molecular weight is 268 g/mol. The van der Waals surface area contributed by atoms with Crippen molar-refractivity contribution < 1.29 is 9.59 Å². The molecule has 0 bridgehead atoms. The lowest BCUT2D eigenvalue weighted by molar-refractivity contribution is -0.122. The van der Waals surface area contributed by atoms with Crippen LogP contribution in [0, 0.1) is 0 Å². The molecular formula is C11H16N4O2S. The number of aromatic nitrogens is 2. The van der Waals surface area contributed by atoms with E-state index in [4.69, 9.17) is 0 Å². The molecule has 18 heavy (non-hydrogen) atoms. The Morgan fingerprint density at radius 3 is 2.94 bits per heavy atom. The van der Waals surface area contributed by atoms with Gasteiger partial charge in [-0.3, -0.25) is 9.59 Å². The molecule has 2 rings (SSSR count). The van der Waals surface area contributed by atoms with Crippen molar-refractivity contribution in [3.05, 3.63) is 10.6 Å². The van der Waals surface area contributed by atoms with Crippen molar-refractivity contribution in [3.8, 4) is 0 Å². The summed E-state index contributed by atoms with van der Waals surface area (Å²) in [5.41, 5.74) is 0.734. The van der Waals surface area contributed by atoms with Gasteiger partial charge in [0.2, 0.25) is 5.91 Å². The number of carbonyl (C=O) groups excluding carboxylic acids is 2. The normalized spacial score (nSPS) is 19.7. The van der Waals surface area contributed by atoms with Crippen molar-refractivity contribution in [2.24, 2.45) is 0 Å². The van der Waals surface area contributed by atoms with E-state index in [1.54, 1.807) is 0 Å². The van der Waals surface area contributed by atoms with Gasteiger partial charge in [-0.15, -0.1) is 5.10 Å². The molecule has 0 radical (unpaired) electrons. The third kappa shape index (κ3) is 2.84. The minimum atomic E-state index is -0.144. The summed E-state index contributed by atoms with van der Waals surface area (Å²) in [4.78, 5) is 23.7. The fraction of sp³-hybridized carbons (Fsp3) is 0.636. The van der Waals surface area contributed by atoms with Crippen LogP contribution in [0.2, 0.25) is 0 Å². The smallest absolute Gasteiger partial charge is 0.265 e. The molecule has 1 aromatic heterocycles. The van der Waals surface area contributed by atoms with Gasteiger partial charge < -0.3 is 10.6 Å². The largest absolute Gasteiger partial charge is 0.354 e. The topological polar surface area (TPSA) is 84.0 Å². The van der Waals surface area contributed by atoms with Gasteiger partial charge in [0.05, 0.1) is 5.69 Å². The van der Waals surface area contributed by atoms with Gasteiger partial charge in [-0.25, -0.2) is 0 Å². The van der Waals surface area contributed by atoms with Crippen molar-refractivity contribution in [2.75, 3.05) is 6.54 Å². The van der Waals surface area contributed by atoms with Crippen LogP contribution in [0.1, 0.15) is 48.0 Å². The molecule has 2 amide bonds. The second-order valence-electron chi connectivity index (χ2n) is 4.66. The van der Waals surface area contributed by atoms with E-state index in [1.807, 2.05) is 13.8 Å². The summed E-state index contributed by atoms with van der Waals surface area (Å²) >= 11 is 1.11. The fourth-order valence-corrected chi connectivity index (χ4v) is 2.56. The molecule has 0 spiro atoms. The van der Waals surface area contributed by atoms with E-state index in [0.717, 1.165) is 17.2 Å². The molecule has 0 saturated carbocycles. The van der Waals surface area contributed by atoms with Crippen LogP contribution in [0.5, 0.6) is 0 Å². The number of nitrogens with one attached hydrogen (secondary N) is 2. The molecule has 1 atom stereocenters. The first-order valence-electron chi connectivity index (χ1n) is 5.97. The Bertz CT molecular complexity index is 448.